The molecule has 0 radical (unpaired) electrons. The second-order valence-electron chi connectivity index (χ2n) is 5.04. The summed E-state index contributed by atoms with van der Waals surface area (Å²) in [6, 6.07) is 7.97. The number of hydrogen-bond donors (Lipinski definition) is 0. The van der Waals surface area contributed by atoms with Crippen LogP contribution in [0.3, 0.4) is 0 Å². The smallest absolute Gasteiger partial charge is 0.149 e. The van der Waals surface area contributed by atoms with Crippen LogP contribution in [0.15, 0.2) is 24.3 Å². The van der Waals surface area contributed by atoms with Gasteiger partial charge in [0, 0.05) is 0 Å². The van der Waals surface area contributed by atoms with E-state index < -0.39 is 0 Å². The monoisotopic (exact) mass is 260 g/mol. The summed E-state index contributed by atoms with van der Waals surface area (Å²) in [4.78, 5) is 27.1. The maximum atomic E-state index is 11.5. The lowest BCUT2D eigenvalue weighted by Gasteiger charge is -2.31. The molecule has 0 spiro atoms. The molecule has 0 aliphatic carbocycles. The molecule has 1 aliphatic rings. The van der Waals surface area contributed by atoms with Crippen molar-refractivity contribution in [3.05, 3.63) is 24.3 Å². The molecule has 1 aromatic rings. The van der Waals surface area contributed by atoms with Crippen LogP contribution in [-0.2, 0) is 9.59 Å². The van der Waals surface area contributed by atoms with Crippen LogP contribution in [0.4, 0.5) is 11.4 Å². The Labute approximate surface area is 114 Å². The van der Waals surface area contributed by atoms with Gasteiger partial charge < -0.3 is 9.80 Å². The van der Waals surface area contributed by atoms with Gasteiger partial charge in [-0.05, 0) is 32.4 Å². The first kappa shape index (κ1) is 13.6. The predicted molar refractivity (Wildman–Crippen MR) is 76.6 cm³/mol. The van der Waals surface area contributed by atoms with Crippen LogP contribution >= 0.6 is 0 Å². The maximum Gasteiger partial charge on any atom is 0.149 e. The van der Waals surface area contributed by atoms with Crippen molar-refractivity contribution >= 4 is 22.9 Å². The molecule has 1 heterocycles. The normalized spacial score (nSPS) is 14.7. The third-order valence-corrected chi connectivity index (χ3v) is 3.37. The van der Waals surface area contributed by atoms with Crippen LogP contribution in [0.25, 0.3) is 0 Å². The molecule has 1 aromatic carbocycles. The van der Waals surface area contributed by atoms with Crippen LogP contribution in [0.5, 0.6) is 0 Å². The Morgan fingerprint density at radius 1 is 1.00 bits per heavy atom. The number of hydrogen-bond acceptors (Lipinski definition) is 4. The first-order valence-electron chi connectivity index (χ1n) is 6.65. The Morgan fingerprint density at radius 3 is 1.74 bits per heavy atom. The Morgan fingerprint density at radius 2 is 1.42 bits per heavy atom. The number of para-hydroxylation sites is 2. The molecule has 4 nitrogen and oxygen atoms in total. The van der Waals surface area contributed by atoms with Gasteiger partial charge in [-0.1, -0.05) is 19.1 Å². The van der Waals surface area contributed by atoms with Gasteiger partial charge in [0.15, 0.2) is 0 Å². The van der Waals surface area contributed by atoms with Gasteiger partial charge in [0.2, 0.25) is 0 Å². The van der Waals surface area contributed by atoms with E-state index in [1.807, 2.05) is 24.3 Å². The average molecular weight is 260 g/mol. The molecule has 0 bridgehead atoms. The Bertz CT molecular complexity index is 456. The molecular formula is C15H20N2O2. The van der Waals surface area contributed by atoms with E-state index in [1.54, 1.807) is 13.8 Å². The molecule has 0 fully saturated rings. The number of rotatable bonds is 5. The minimum atomic E-state index is 0.0881. The topological polar surface area (TPSA) is 40.6 Å². The van der Waals surface area contributed by atoms with E-state index in [0.717, 1.165) is 17.8 Å². The second kappa shape index (κ2) is 5.43. The Balaban J connectivity index is 2.40. The summed E-state index contributed by atoms with van der Waals surface area (Å²) in [5.41, 5.74) is 2.09. The van der Waals surface area contributed by atoms with Crippen molar-refractivity contribution in [1.82, 2.24) is 0 Å². The first-order valence-corrected chi connectivity index (χ1v) is 6.65. The van der Waals surface area contributed by atoms with Crippen LogP contribution in [-0.4, -0.2) is 30.8 Å². The van der Waals surface area contributed by atoms with Crippen LogP contribution in [0.2, 0.25) is 0 Å². The van der Waals surface area contributed by atoms with Gasteiger partial charge in [0.25, 0.3) is 0 Å². The summed E-state index contributed by atoms with van der Waals surface area (Å²) in [7, 11) is 0. The van der Waals surface area contributed by atoms with E-state index in [4.69, 9.17) is 0 Å². The van der Waals surface area contributed by atoms with E-state index in [2.05, 4.69) is 16.7 Å². The molecule has 0 atom stereocenters. The average Bonchev–Trinajstić information content (AvgIpc) is 2.63. The first-order chi connectivity index (χ1) is 9.04. The van der Waals surface area contributed by atoms with Gasteiger partial charge in [0.1, 0.15) is 17.7 Å². The Kier molecular flexibility index (Phi) is 3.88. The largest absolute Gasteiger partial charge is 0.342 e. The lowest BCUT2D eigenvalue weighted by molar-refractivity contribution is -0.116. The number of nitrogens with zero attached hydrogens (tertiary/aromatic N) is 2. The van der Waals surface area contributed by atoms with E-state index in [1.165, 1.54) is 0 Å². The van der Waals surface area contributed by atoms with Crippen molar-refractivity contribution in [2.75, 3.05) is 22.9 Å². The third-order valence-electron chi connectivity index (χ3n) is 3.37. The van der Waals surface area contributed by atoms with Crippen LogP contribution in [0.1, 0.15) is 27.2 Å². The highest BCUT2D eigenvalue weighted by Crippen LogP contribution is 2.40. The standard InChI is InChI=1S/C15H20N2O2/c1-4-15-16(9-11(2)18)13-7-5-6-8-14(13)17(15)10-12(3)19/h5-8,15H,4,9-10H2,1-3H3. The number of fused-ring (bicyclic) bond motifs is 1. The third kappa shape index (κ3) is 2.62. The summed E-state index contributed by atoms with van der Waals surface area (Å²) >= 11 is 0. The molecule has 102 valence electrons. The number of anilines is 2. The summed E-state index contributed by atoms with van der Waals surface area (Å²) in [6.07, 6.45) is 0.958. The molecule has 2 rings (SSSR count). The van der Waals surface area contributed by atoms with Crippen molar-refractivity contribution < 1.29 is 9.59 Å². The predicted octanol–water partition coefficient (Wildman–Crippen LogP) is 2.23. The molecule has 0 saturated carbocycles. The molecule has 0 unspecified atom stereocenters. The zero-order valence-corrected chi connectivity index (χ0v) is 11.7. The van der Waals surface area contributed by atoms with Crippen LogP contribution in [0, 0.1) is 0 Å². The molecule has 0 amide bonds. The number of Topliss-reactive ketones (excluding diaryl/α,β-unsaturated/α-hetero) is 2. The van der Waals surface area contributed by atoms with E-state index in [9.17, 15) is 9.59 Å². The fourth-order valence-corrected chi connectivity index (χ4v) is 2.74. The highest BCUT2D eigenvalue weighted by atomic mass is 16.1. The fourth-order valence-electron chi connectivity index (χ4n) is 2.74. The van der Waals surface area contributed by atoms with Crippen molar-refractivity contribution in [3.63, 3.8) is 0 Å². The van der Waals surface area contributed by atoms with E-state index in [-0.39, 0.29) is 17.7 Å². The number of ketones is 2. The summed E-state index contributed by atoms with van der Waals surface area (Å²) in [5, 5.41) is 0. The van der Waals surface area contributed by atoms with Crippen molar-refractivity contribution in [2.24, 2.45) is 0 Å². The van der Waals surface area contributed by atoms with Gasteiger partial charge in [-0.2, -0.15) is 0 Å². The summed E-state index contributed by atoms with van der Waals surface area (Å²) < 4.78 is 0. The zero-order chi connectivity index (χ0) is 14.0. The van der Waals surface area contributed by atoms with Gasteiger partial charge in [-0.3, -0.25) is 9.59 Å². The van der Waals surface area contributed by atoms with Gasteiger partial charge >= 0.3 is 0 Å². The minimum Gasteiger partial charge on any atom is -0.342 e. The molecule has 1 aliphatic heterocycles. The second-order valence-corrected chi connectivity index (χ2v) is 5.04. The van der Waals surface area contributed by atoms with Gasteiger partial charge in [0.05, 0.1) is 24.5 Å². The molecule has 0 aromatic heterocycles. The van der Waals surface area contributed by atoms with E-state index in [0.29, 0.717) is 13.1 Å². The van der Waals surface area contributed by atoms with Crippen molar-refractivity contribution in [1.29, 1.82) is 0 Å². The number of benzene rings is 1. The van der Waals surface area contributed by atoms with Gasteiger partial charge in [-0.25, -0.2) is 0 Å². The lowest BCUT2D eigenvalue weighted by atomic mass is 10.2. The van der Waals surface area contributed by atoms with Gasteiger partial charge in [-0.15, -0.1) is 0 Å². The molecule has 0 saturated heterocycles. The molecule has 0 N–H and O–H groups in total. The molecular weight excluding hydrogens is 240 g/mol. The van der Waals surface area contributed by atoms with Crippen molar-refractivity contribution in [3.8, 4) is 0 Å². The highest BCUT2D eigenvalue weighted by Gasteiger charge is 2.35. The summed E-state index contributed by atoms with van der Waals surface area (Å²) in [5.74, 6) is 0.274. The maximum absolute atomic E-state index is 11.5. The number of carbonyl (C=O) groups is 2. The summed E-state index contributed by atoms with van der Waals surface area (Å²) in [6.45, 7) is 6.07. The SMILES string of the molecule is CCC1N(CC(C)=O)c2ccccc2N1CC(C)=O. The van der Waals surface area contributed by atoms with E-state index >= 15 is 0 Å². The number of carbonyl (C=O) groups excluding carboxylic acids is 2. The lowest BCUT2D eigenvalue weighted by Crippen LogP contribution is -2.46. The quantitative estimate of drug-likeness (QED) is 0.814. The van der Waals surface area contributed by atoms with Crippen molar-refractivity contribution in [2.45, 2.75) is 33.4 Å². The molecule has 4 heteroatoms. The highest BCUT2D eigenvalue weighted by molar-refractivity contribution is 5.89. The fraction of sp³-hybridized carbons (Fsp3) is 0.467. The van der Waals surface area contributed by atoms with Crippen LogP contribution < -0.4 is 9.80 Å². The molecule has 19 heavy (non-hydrogen) atoms. The minimum absolute atomic E-state index is 0.0881. The Hall–Kier alpha value is -1.84. The zero-order valence-electron chi connectivity index (χ0n) is 11.7.